The second-order valence-electron chi connectivity index (χ2n) is 18.0. The van der Waals surface area contributed by atoms with Gasteiger partial charge in [0.05, 0.1) is 18.1 Å². The molecule has 0 aliphatic rings. The molecule has 0 unspecified atom stereocenters. The fourth-order valence-electron chi connectivity index (χ4n) is 6.60. The van der Waals surface area contributed by atoms with Crippen molar-refractivity contribution in [1.29, 1.82) is 0 Å². The zero-order chi connectivity index (χ0) is 46.1. The van der Waals surface area contributed by atoms with Crippen molar-refractivity contribution in [2.75, 3.05) is 6.54 Å². The molecule has 0 spiro atoms. The molecule has 0 bridgehead atoms. The molecule has 0 saturated heterocycles. The zero-order valence-corrected chi connectivity index (χ0v) is 38.1. The fourth-order valence-corrected chi connectivity index (χ4v) is 6.60. The van der Waals surface area contributed by atoms with E-state index >= 15 is 0 Å². The van der Waals surface area contributed by atoms with Crippen LogP contribution in [0.3, 0.4) is 0 Å². The molecule has 0 heterocycles. The van der Waals surface area contributed by atoms with Gasteiger partial charge in [0.2, 0.25) is 11.8 Å². The average molecular weight is 864 g/mol. The van der Waals surface area contributed by atoms with E-state index in [0.29, 0.717) is 57.9 Å². The predicted octanol–water partition coefficient (Wildman–Crippen LogP) is 6.35. The van der Waals surface area contributed by atoms with E-state index < -0.39 is 53.3 Å². The minimum atomic E-state index is -1.14. The van der Waals surface area contributed by atoms with Gasteiger partial charge in [-0.2, -0.15) is 0 Å². The number of hydrogen-bond donors (Lipinski definition) is 5. The highest BCUT2D eigenvalue weighted by Gasteiger charge is 2.30. The molecule has 344 valence electrons. The Labute approximate surface area is 369 Å². The molecule has 6 N–H and O–H groups in total. The Kier molecular flexibility index (Phi) is 23.7. The topological polar surface area (TPSA) is 212 Å². The summed E-state index contributed by atoms with van der Waals surface area (Å²) < 4.78 is 10.8. The summed E-state index contributed by atoms with van der Waals surface area (Å²) >= 11 is 0. The Morgan fingerprint density at radius 2 is 1.11 bits per heavy atom. The van der Waals surface area contributed by atoms with Crippen molar-refractivity contribution < 1.29 is 43.0 Å². The molecule has 2 rings (SSSR count). The number of rotatable bonds is 28. The van der Waals surface area contributed by atoms with Crippen LogP contribution in [0, 0.1) is 0 Å². The first-order valence-corrected chi connectivity index (χ1v) is 22.2. The molecule has 0 saturated carbocycles. The molecule has 0 aromatic heterocycles. The number of nitrogens with two attached hydrogens (primary N) is 1. The van der Waals surface area contributed by atoms with Gasteiger partial charge in [-0.05, 0) is 111 Å². The summed E-state index contributed by atoms with van der Waals surface area (Å²) in [6, 6.07) is 15.1. The number of urea groups is 1. The summed E-state index contributed by atoms with van der Waals surface area (Å²) in [5.41, 5.74) is 6.62. The summed E-state index contributed by atoms with van der Waals surface area (Å²) in [6.45, 7) is 12.1. The van der Waals surface area contributed by atoms with Crippen molar-refractivity contribution in [2.24, 2.45) is 5.73 Å². The van der Waals surface area contributed by atoms with Gasteiger partial charge in [-0.25, -0.2) is 9.59 Å². The summed E-state index contributed by atoms with van der Waals surface area (Å²) in [5.74, 6) is -1.88. The van der Waals surface area contributed by atoms with Crippen LogP contribution in [0.25, 0.3) is 0 Å². The van der Waals surface area contributed by atoms with Crippen LogP contribution in [0.15, 0.2) is 60.7 Å². The van der Waals surface area contributed by atoms with Gasteiger partial charge in [0.1, 0.15) is 17.2 Å². The number of ketones is 2. The van der Waals surface area contributed by atoms with Crippen LogP contribution >= 0.6 is 0 Å². The number of Topliss-reactive ketones (excluding diaryl/α,β-unsaturated/α-hetero) is 2. The molecule has 4 amide bonds. The van der Waals surface area contributed by atoms with Gasteiger partial charge in [-0.1, -0.05) is 86.3 Å². The van der Waals surface area contributed by atoms with Crippen LogP contribution in [-0.2, 0) is 51.1 Å². The Hall–Kier alpha value is -5.11. The Balaban J connectivity index is 1.67. The molecule has 0 aliphatic heterocycles. The second kappa shape index (κ2) is 27.8. The molecule has 0 aliphatic carbocycles. The number of carbonyl (C=O) groups excluding carboxylic acids is 7. The Bertz CT molecular complexity index is 1710. The normalized spacial score (nSPS) is 13.4. The van der Waals surface area contributed by atoms with E-state index in [1.54, 1.807) is 41.5 Å². The van der Waals surface area contributed by atoms with Crippen LogP contribution in [0.2, 0.25) is 0 Å². The summed E-state index contributed by atoms with van der Waals surface area (Å²) in [7, 11) is 0. The second-order valence-corrected chi connectivity index (χ2v) is 18.0. The molecular formula is C48H73N5O9. The monoisotopic (exact) mass is 864 g/mol. The van der Waals surface area contributed by atoms with Crippen LogP contribution in [0.5, 0.6) is 0 Å². The van der Waals surface area contributed by atoms with Gasteiger partial charge in [0, 0.05) is 25.8 Å². The van der Waals surface area contributed by atoms with Crippen molar-refractivity contribution in [3.63, 3.8) is 0 Å². The molecule has 62 heavy (non-hydrogen) atoms. The number of hydrogen-bond acceptors (Lipinski definition) is 10. The smallest absolute Gasteiger partial charge is 0.329 e. The Morgan fingerprint density at radius 1 is 0.581 bits per heavy atom. The molecule has 2 aromatic rings. The highest BCUT2D eigenvalue weighted by molar-refractivity contribution is 5.91. The quantitative estimate of drug-likeness (QED) is 0.0473. The van der Waals surface area contributed by atoms with E-state index in [9.17, 15) is 33.6 Å². The molecule has 2 aromatic carbocycles. The maximum Gasteiger partial charge on any atom is 0.329 e. The first-order chi connectivity index (χ1) is 29.2. The lowest BCUT2D eigenvalue weighted by Crippen LogP contribution is -2.52. The van der Waals surface area contributed by atoms with E-state index in [4.69, 9.17) is 15.2 Å². The number of esters is 2. The molecule has 14 nitrogen and oxygen atoms in total. The number of nitrogens with one attached hydrogen (secondary N) is 4. The van der Waals surface area contributed by atoms with Crippen molar-refractivity contribution >= 4 is 41.4 Å². The van der Waals surface area contributed by atoms with Crippen LogP contribution < -0.4 is 27.0 Å². The van der Waals surface area contributed by atoms with Crippen LogP contribution in [-0.4, -0.2) is 83.3 Å². The summed E-state index contributed by atoms with van der Waals surface area (Å²) in [5, 5.41) is 11.0. The van der Waals surface area contributed by atoms with E-state index in [0.717, 1.165) is 43.2 Å². The van der Waals surface area contributed by atoms with E-state index in [1.165, 1.54) is 6.92 Å². The van der Waals surface area contributed by atoms with Crippen LogP contribution in [0.1, 0.15) is 143 Å². The summed E-state index contributed by atoms with van der Waals surface area (Å²) in [6.07, 6.45) is 7.96. The largest absolute Gasteiger partial charge is 0.460 e. The highest BCUT2D eigenvalue weighted by atomic mass is 16.6. The lowest BCUT2D eigenvalue weighted by molar-refractivity contribution is -0.158. The third-order valence-corrected chi connectivity index (χ3v) is 9.79. The minimum absolute atomic E-state index is 0.0124. The standard InChI is InChI=1S/C48H73N5O9/c1-34(54)38(52-46(60)53-39(45(59)62-48(5,6)7)29-30-43(57)61-47(2,3)4)26-20-21-31-50-42(56)28-19-11-9-8-10-18-27-41(55)40(33-36-24-16-13-17-25-36)51-44(58)37(49)32-35-22-14-12-15-23-35/h12-17,22-25,37-40H,8-11,18-21,26-33,49H2,1-7H3,(H,50,56)(H,51,58)(H2,52,53,60)/t37-,38+,39+,40-/m1/s1. The summed E-state index contributed by atoms with van der Waals surface area (Å²) in [4.78, 5) is 89.2. The number of benzene rings is 2. The lowest BCUT2D eigenvalue weighted by atomic mass is 9.97. The van der Waals surface area contributed by atoms with Crippen LogP contribution in [0.4, 0.5) is 4.79 Å². The third-order valence-electron chi connectivity index (χ3n) is 9.79. The van der Waals surface area contributed by atoms with E-state index in [2.05, 4.69) is 21.3 Å². The first kappa shape index (κ1) is 53.0. The number of amides is 4. The zero-order valence-electron chi connectivity index (χ0n) is 38.1. The first-order valence-electron chi connectivity index (χ1n) is 22.2. The van der Waals surface area contributed by atoms with Gasteiger partial charge in [-0.15, -0.1) is 0 Å². The molecular weight excluding hydrogens is 791 g/mol. The SMILES string of the molecule is CC(=O)[C@H](CCCCNC(=O)CCCCCCCCC(=O)[C@@H](Cc1ccccc1)NC(=O)[C@H](N)Cc1ccccc1)NC(=O)N[C@@H](CCC(=O)OC(C)(C)C)C(=O)OC(C)(C)C. The number of ether oxygens (including phenoxy) is 2. The van der Waals surface area contributed by atoms with Crippen molar-refractivity contribution in [3.8, 4) is 0 Å². The third kappa shape index (κ3) is 24.4. The van der Waals surface area contributed by atoms with Crippen molar-refractivity contribution in [2.45, 2.75) is 180 Å². The highest BCUT2D eigenvalue weighted by Crippen LogP contribution is 2.15. The van der Waals surface area contributed by atoms with Crippen molar-refractivity contribution in [3.05, 3.63) is 71.8 Å². The lowest BCUT2D eigenvalue weighted by Gasteiger charge is -2.26. The van der Waals surface area contributed by atoms with E-state index in [-0.39, 0.29) is 36.2 Å². The predicted molar refractivity (Wildman–Crippen MR) is 240 cm³/mol. The average Bonchev–Trinajstić information content (AvgIpc) is 3.18. The van der Waals surface area contributed by atoms with Gasteiger partial charge in [0.25, 0.3) is 0 Å². The molecule has 14 heteroatoms. The van der Waals surface area contributed by atoms with Gasteiger partial charge in [-0.3, -0.25) is 24.0 Å². The van der Waals surface area contributed by atoms with Gasteiger partial charge in [0.15, 0.2) is 11.6 Å². The Morgan fingerprint density at radius 3 is 1.68 bits per heavy atom. The maximum atomic E-state index is 13.3. The molecule has 0 fully saturated rings. The number of unbranched alkanes of at least 4 members (excludes halogenated alkanes) is 6. The van der Waals surface area contributed by atoms with E-state index in [1.807, 2.05) is 60.7 Å². The van der Waals surface area contributed by atoms with Gasteiger partial charge < -0.3 is 36.5 Å². The van der Waals surface area contributed by atoms with Crippen molar-refractivity contribution in [1.82, 2.24) is 21.3 Å². The molecule has 4 atom stereocenters. The fraction of sp³-hybridized carbons (Fsp3) is 0.604. The minimum Gasteiger partial charge on any atom is -0.460 e. The number of carbonyl (C=O) groups is 7. The molecule has 0 radical (unpaired) electrons. The van der Waals surface area contributed by atoms with Gasteiger partial charge >= 0.3 is 18.0 Å². The maximum absolute atomic E-state index is 13.3.